The van der Waals surface area contributed by atoms with Gasteiger partial charge in [-0.1, -0.05) is 297 Å². The molecule has 0 N–H and O–H groups in total. The lowest BCUT2D eigenvalue weighted by atomic mass is 9.65. The quantitative estimate of drug-likeness (QED) is 0.158. The van der Waals surface area contributed by atoms with E-state index in [-0.39, 0.29) is 0 Å². The van der Waals surface area contributed by atoms with E-state index >= 15 is 0 Å². The van der Waals surface area contributed by atoms with Crippen molar-refractivity contribution in [1.82, 2.24) is 18.3 Å². The molecular weight excluding hydrogens is 1260 g/mol. The van der Waals surface area contributed by atoms with Crippen LogP contribution in [0.5, 0.6) is 0 Å². The Kier molecular flexibility index (Phi) is 15.3. The first-order valence-corrected chi connectivity index (χ1v) is 36.1. The minimum absolute atomic E-state index is 0.565. The van der Waals surface area contributed by atoms with E-state index < -0.39 is 5.41 Å². The van der Waals surface area contributed by atoms with Crippen molar-refractivity contribution < 1.29 is 0 Å². The molecule has 0 saturated heterocycles. The second-order valence-electron chi connectivity index (χ2n) is 27.5. The second kappa shape index (κ2) is 25.7. The number of para-hydroxylation sites is 10. The lowest BCUT2D eigenvalue weighted by molar-refractivity contribution is 0.752. The van der Waals surface area contributed by atoms with Crippen LogP contribution in [0, 0.1) is 13.8 Å². The van der Waals surface area contributed by atoms with Gasteiger partial charge in [0, 0.05) is 65.7 Å². The van der Waals surface area contributed by atoms with Crippen LogP contribution < -0.4 is 0 Å². The van der Waals surface area contributed by atoms with Crippen LogP contribution in [0.1, 0.15) is 44.5 Å². The van der Waals surface area contributed by atoms with Crippen LogP contribution >= 0.6 is 0 Å². The van der Waals surface area contributed by atoms with E-state index in [2.05, 4.69) is 420 Å². The maximum Gasteiger partial charge on any atom is 0.0720 e. The van der Waals surface area contributed by atoms with Crippen molar-refractivity contribution in [3.63, 3.8) is 0 Å². The Morgan fingerprint density at radius 3 is 0.933 bits per heavy atom. The maximum atomic E-state index is 2.50. The highest BCUT2D eigenvalue weighted by Gasteiger charge is 2.49. The van der Waals surface area contributed by atoms with Gasteiger partial charge in [-0.3, -0.25) is 0 Å². The third-order valence-electron chi connectivity index (χ3n) is 21.8. The Morgan fingerprint density at radius 1 is 0.212 bits per heavy atom. The van der Waals surface area contributed by atoms with E-state index in [1.807, 2.05) is 0 Å². The molecular formula is C100H72N4. The average Bonchev–Trinajstić information content (AvgIpc) is 1.50. The Hall–Kier alpha value is -13.3. The van der Waals surface area contributed by atoms with Crippen LogP contribution in [-0.4, -0.2) is 18.3 Å². The van der Waals surface area contributed by atoms with Crippen molar-refractivity contribution in [2.75, 3.05) is 0 Å². The molecule has 4 aromatic heterocycles. The fourth-order valence-corrected chi connectivity index (χ4v) is 17.4. The van der Waals surface area contributed by atoms with Crippen LogP contribution in [0.15, 0.2) is 388 Å². The van der Waals surface area contributed by atoms with E-state index in [1.54, 1.807) is 0 Å². The molecule has 1 atom stereocenters. The van der Waals surface area contributed by atoms with Crippen molar-refractivity contribution in [3.8, 4) is 45.0 Å². The first-order chi connectivity index (χ1) is 51.5. The zero-order valence-electron chi connectivity index (χ0n) is 57.9. The number of rotatable bonds is 6. The third-order valence-corrected chi connectivity index (χ3v) is 21.8. The van der Waals surface area contributed by atoms with Crippen molar-refractivity contribution >= 4 is 87.2 Å². The van der Waals surface area contributed by atoms with E-state index in [1.165, 1.54) is 177 Å². The van der Waals surface area contributed by atoms with E-state index in [0.717, 1.165) is 6.42 Å². The predicted octanol–water partition coefficient (Wildman–Crippen LogP) is 25.7. The summed E-state index contributed by atoms with van der Waals surface area (Å²) in [4.78, 5) is 0. The van der Waals surface area contributed by atoms with Gasteiger partial charge in [0.1, 0.15) is 0 Å². The van der Waals surface area contributed by atoms with Crippen molar-refractivity contribution in [2.45, 2.75) is 25.7 Å². The summed E-state index contributed by atoms with van der Waals surface area (Å²) >= 11 is 0. The molecule has 4 nitrogen and oxygen atoms in total. The summed E-state index contributed by atoms with van der Waals surface area (Å²) in [7, 11) is 0. The lowest BCUT2D eigenvalue weighted by Gasteiger charge is -2.36. The number of aryl methyl sites for hydroxylation is 2. The topological polar surface area (TPSA) is 19.7 Å². The third kappa shape index (κ3) is 9.97. The fraction of sp³-hybridized carbons (Fsp3) is 0.0400. The Labute approximate surface area is 605 Å². The van der Waals surface area contributed by atoms with Gasteiger partial charge in [0.15, 0.2) is 0 Å². The highest BCUT2D eigenvalue weighted by atomic mass is 15.0. The standard InChI is InChI=1S/C51H36N2.2C18H13N.C13H10/c1-33-16-3-9-22-41(33)51(44-32-35(31-30-34(44)2)52-45-25-11-5-17-36(45)37-18-6-12-26-46(37)52)42-23-10-4-21-40(42)50-43(51)24-15-29-49(50)53-47-27-13-7-19-38(47)39-20-8-14-28-48(39)53;2*1-2-8-14(9-3-1)19-17-12-6-4-10-15(17)16-11-5-7-13-18(16)19;1-3-7-12-10(5-1)9-11-6-2-4-8-13(11)12/h3-32H,1-2H3;2*1-13H;1-8H,9H2. The first-order valence-electron chi connectivity index (χ1n) is 36.1. The van der Waals surface area contributed by atoms with Gasteiger partial charge in [0.25, 0.3) is 0 Å². The minimum Gasteiger partial charge on any atom is -0.309 e. The Bertz CT molecular complexity index is 6270. The van der Waals surface area contributed by atoms with Crippen LogP contribution in [0.4, 0.5) is 0 Å². The van der Waals surface area contributed by atoms with Crippen LogP contribution in [-0.2, 0) is 11.8 Å². The zero-order chi connectivity index (χ0) is 69.2. The largest absolute Gasteiger partial charge is 0.309 e. The number of nitrogens with zero attached hydrogens (tertiary/aromatic N) is 4. The molecule has 0 radical (unpaired) electrons. The summed E-state index contributed by atoms with van der Waals surface area (Å²) in [5.74, 6) is 0. The summed E-state index contributed by atoms with van der Waals surface area (Å²) in [6.07, 6.45) is 1.10. The van der Waals surface area contributed by atoms with Crippen LogP contribution in [0.3, 0.4) is 0 Å². The van der Waals surface area contributed by atoms with Gasteiger partial charge in [0.2, 0.25) is 0 Å². The average molecular weight is 1330 g/mol. The number of benzene rings is 16. The van der Waals surface area contributed by atoms with Gasteiger partial charge in [-0.15, -0.1) is 0 Å². The molecule has 2 aliphatic rings. The summed E-state index contributed by atoms with van der Waals surface area (Å²) in [6.45, 7) is 4.57. The van der Waals surface area contributed by atoms with Crippen LogP contribution in [0.2, 0.25) is 0 Å². The Morgan fingerprint density at radius 2 is 0.519 bits per heavy atom. The van der Waals surface area contributed by atoms with Crippen molar-refractivity contribution in [1.29, 1.82) is 0 Å². The SMILES string of the molecule is Cc1ccccc1C1(c2cc(-n3c4ccccc4c4ccccc43)ccc2C)c2ccccc2-c2c(-n3c4ccccc4c4ccccc43)cccc21.c1ccc(-n2c3ccccc3c3ccccc32)cc1.c1ccc(-n2c3ccccc3c3ccccc32)cc1.c1ccc2c(c1)Cc1ccccc1-2. The fourth-order valence-electron chi connectivity index (χ4n) is 17.4. The van der Waals surface area contributed by atoms with Gasteiger partial charge < -0.3 is 18.3 Å². The van der Waals surface area contributed by atoms with Gasteiger partial charge >= 0.3 is 0 Å². The highest BCUT2D eigenvalue weighted by molar-refractivity contribution is 6.13. The smallest absolute Gasteiger partial charge is 0.0720 e. The molecule has 0 spiro atoms. The second-order valence-corrected chi connectivity index (χ2v) is 27.5. The monoisotopic (exact) mass is 1330 g/mol. The minimum atomic E-state index is -0.565. The Balaban J connectivity index is 0.000000117. The van der Waals surface area contributed by atoms with Crippen molar-refractivity contribution in [3.05, 3.63) is 433 Å². The number of fused-ring (bicyclic) bond motifs is 18. The molecule has 104 heavy (non-hydrogen) atoms. The van der Waals surface area contributed by atoms with Gasteiger partial charge in [-0.2, -0.15) is 0 Å². The van der Waals surface area contributed by atoms with E-state index in [4.69, 9.17) is 0 Å². The first kappa shape index (κ1) is 61.8. The van der Waals surface area contributed by atoms with Gasteiger partial charge in [-0.25, -0.2) is 0 Å². The summed E-state index contributed by atoms with van der Waals surface area (Å²) < 4.78 is 9.60. The molecule has 0 bridgehead atoms. The van der Waals surface area contributed by atoms with E-state index in [9.17, 15) is 0 Å². The highest BCUT2D eigenvalue weighted by Crippen LogP contribution is 2.59. The van der Waals surface area contributed by atoms with Gasteiger partial charge in [0.05, 0.1) is 55.2 Å². The molecule has 1 unspecified atom stereocenters. The molecule has 0 fully saturated rings. The van der Waals surface area contributed by atoms with E-state index in [0.29, 0.717) is 0 Å². The molecule has 16 aromatic carbocycles. The number of hydrogen-bond acceptors (Lipinski definition) is 0. The van der Waals surface area contributed by atoms with Crippen molar-refractivity contribution in [2.24, 2.45) is 0 Å². The number of hydrogen-bond donors (Lipinski definition) is 0. The molecule has 0 amide bonds. The zero-order valence-corrected chi connectivity index (χ0v) is 57.9. The molecule has 4 heterocycles. The molecule has 22 rings (SSSR count). The van der Waals surface area contributed by atoms with Gasteiger partial charge in [-0.05, 0) is 172 Å². The summed E-state index contributed by atoms with van der Waals surface area (Å²) in [5, 5.41) is 10.3. The molecule has 0 aliphatic heterocycles. The molecule has 20 aromatic rings. The summed E-state index contributed by atoms with van der Waals surface area (Å²) in [5.41, 5.74) is 30.3. The molecule has 492 valence electrons. The molecule has 2 aliphatic carbocycles. The molecule has 4 heteroatoms. The maximum absolute atomic E-state index is 2.50. The lowest BCUT2D eigenvalue weighted by Crippen LogP contribution is -2.30. The predicted molar refractivity (Wildman–Crippen MR) is 438 cm³/mol. The molecule has 0 saturated carbocycles. The normalized spacial score (nSPS) is 13.3. The summed E-state index contributed by atoms with van der Waals surface area (Å²) in [6, 6.07) is 140. The van der Waals surface area contributed by atoms with Crippen LogP contribution in [0.25, 0.3) is 132 Å². The number of aromatic nitrogens is 4.